The first-order chi connectivity index (χ1) is 9.52. The van der Waals surface area contributed by atoms with Crippen LogP contribution < -0.4 is 0 Å². The SMILES string of the molecule is O=[N+]([O-])c1cc(S(=O)(=O)N(CC(F)(F)F)C2CC2)sc1Cl. The summed E-state index contributed by atoms with van der Waals surface area (Å²) < 4.78 is 61.4. The van der Waals surface area contributed by atoms with Crippen molar-refractivity contribution in [2.24, 2.45) is 0 Å². The minimum Gasteiger partial charge on any atom is -0.258 e. The van der Waals surface area contributed by atoms with Gasteiger partial charge < -0.3 is 0 Å². The van der Waals surface area contributed by atoms with Crippen LogP contribution in [0.4, 0.5) is 18.9 Å². The van der Waals surface area contributed by atoms with Gasteiger partial charge in [-0.2, -0.15) is 17.5 Å². The third-order valence-corrected chi connectivity index (χ3v) is 6.38. The Kier molecular flexibility index (Phi) is 4.21. The molecule has 12 heteroatoms. The Hall–Kier alpha value is -0.910. The fourth-order valence-corrected chi connectivity index (χ4v) is 5.12. The highest BCUT2D eigenvalue weighted by atomic mass is 35.5. The number of rotatable bonds is 5. The normalized spacial score (nSPS) is 16.4. The molecule has 1 aromatic rings. The van der Waals surface area contributed by atoms with Crippen LogP contribution in [0.1, 0.15) is 12.8 Å². The number of thiophene rings is 1. The zero-order valence-corrected chi connectivity index (χ0v) is 12.5. The molecule has 2 rings (SSSR count). The van der Waals surface area contributed by atoms with E-state index in [0.717, 1.165) is 0 Å². The molecular weight excluding hydrogens is 357 g/mol. The summed E-state index contributed by atoms with van der Waals surface area (Å²) in [6.45, 7) is -1.62. The second-order valence-corrected chi connectivity index (χ2v) is 8.15. The summed E-state index contributed by atoms with van der Waals surface area (Å²) in [5.41, 5.74) is -0.636. The summed E-state index contributed by atoms with van der Waals surface area (Å²) in [4.78, 5) is 9.76. The van der Waals surface area contributed by atoms with E-state index in [9.17, 15) is 31.7 Å². The Balaban J connectivity index is 2.39. The maximum atomic E-state index is 12.5. The molecule has 0 aromatic carbocycles. The highest BCUT2D eigenvalue weighted by Crippen LogP contribution is 2.41. The summed E-state index contributed by atoms with van der Waals surface area (Å²) in [6, 6.07) is -0.0368. The minimum atomic E-state index is -4.69. The molecule has 0 bridgehead atoms. The van der Waals surface area contributed by atoms with Crippen LogP contribution in [0.2, 0.25) is 4.34 Å². The van der Waals surface area contributed by atoms with Gasteiger partial charge >= 0.3 is 6.18 Å². The Labute approximate surface area is 126 Å². The van der Waals surface area contributed by atoms with Crippen molar-refractivity contribution in [2.75, 3.05) is 6.54 Å². The maximum absolute atomic E-state index is 12.5. The number of sulfonamides is 1. The maximum Gasteiger partial charge on any atom is 0.402 e. The van der Waals surface area contributed by atoms with Crippen molar-refractivity contribution in [1.29, 1.82) is 0 Å². The summed E-state index contributed by atoms with van der Waals surface area (Å²) in [5.74, 6) is 0. The van der Waals surface area contributed by atoms with Crippen LogP contribution in [0, 0.1) is 10.1 Å². The van der Waals surface area contributed by atoms with E-state index < -0.39 is 43.6 Å². The molecule has 0 amide bonds. The summed E-state index contributed by atoms with van der Waals surface area (Å²) >= 11 is 5.93. The van der Waals surface area contributed by atoms with Gasteiger partial charge in [-0.05, 0) is 12.8 Å². The minimum absolute atomic E-state index is 0.330. The molecule has 0 N–H and O–H groups in total. The Morgan fingerprint density at radius 3 is 2.43 bits per heavy atom. The third-order valence-electron chi connectivity index (χ3n) is 2.70. The van der Waals surface area contributed by atoms with Crippen LogP contribution in [0.25, 0.3) is 0 Å². The lowest BCUT2D eigenvalue weighted by atomic mass is 10.5. The molecule has 118 valence electrons. The van der Waals surface area contributed by atoms with E-state index in [1.54, 1.807) is 0 Å². The van der Waals surface area contributed by atoms with Crippen LogP contribution in [-0.4, -0.2) is 36.4 Å². The molecule has 0 atom stereocenters. The molecule has 0 unspecified atom stereocenters. The second kappa shape index (κ2) is 5.38. The monoisotopic (exact) mass is 364 g/mol. The van der Waals surface area contributed by atoms with E-state index in [-0.39, 0.29) is 4.34 Å². The van der Waals surface area contributed by atoms with Crippen LogP contribution >= 0.6 is 22.9 Å². The first-order valence-corrected chi connectivity index (χ1v) is 8.18. The highest BCUT2D eigenvalue weighted by Gasteiger charge is 2.45. The smallest absolute Gasteiger partial charge is 0.258 e. The zero-order valence-electron chi connectivity index (χ0n) is 10.1. The van der Waals surface area contributed by atoms with Gasteiger partial charge in [-0.1, -0.05) is 11.6 Å². The number of hydrogen-bond acceptors (Lipinski definition) is 5. The lowest BCUT2D eigenvalue weighted by Crippen LogP contribution is -2.40. The van der Waals surface area contributed by atoms with Gasteiger partial charge in [0.2, 0.25) is 0 Å². The fraction of sp³-hybridized carbons (Fsp3) is 0.556. The summed E-state index contributed by atoms with van der Waals surface area (Å²) in [7, 11) is -4.46. The second-order valence-electron chi connectivity index (χ2n) is 4.38. The van der Waals surface area contributed by atoms with E-state index in [4.69, 9.17) is 11.6 Å². The van der Waals surface area contributed by atoms with Gasteiger partial charge in [-0.15, -0.1) is 11.3 Å². The Morgan fingerprint density at radius 2 is 2.05 bits per heavy atom. The molecule has 1 heterocycles. The average molecular weight is 365 g/mol. The van der Waals surface area contributed by atoms with Crippen molar-refractivity contribution in [2.45, 2.75) is 29.3 Å². The van der Waals surface area contributed by atoms with Crippen molar-refractivity contribution in [3.63, 3.8) is 0 Å². The van der Waals surface area contributed by atoms with Crippen molar-refractivity contribution in [1.82, 2.24) is 4.31 Å². The van der Waals surface area contributed by atoms with Gasteiger partial charge in [-0.25, -0.2) is 8.42 Å². The highest BCUT2D eigenvalue weighted by molar-refractivity contribution is 7.91. The standard InChI is InChI=1S/C9H8ClF3N2O4S2/c10-8-6(15(16)17)3-7(20-8)21(18,19)14(5-1-2-5)4-9(11,12)13/h3,5H,1-2,4H2. The van der Waals surface area contributed by atoms with Crippen LogP contribution in [-0.2, 0) is 10.0 Å². The first kappa shape index (κ1) is 16.5. The molecule has 1 aliphatic rings. The quantitative estimate of drug-likeness (QED) is 0.594. The third kappa shape index (κ3) is 3.65. The van der Waals surface area contributed by atoms with Gasteiger partial charge in [0.1, 0.15) is 10.8 Å². The number of hydrogen-bond donors (Lipinski definition) is 0. The summed E-state index contributed by atoms with van der Waals surface area (Å²) in [6.07, 6.45) is -4.03. The van der Waals surface area contributed by atoms with Gasteiger partial charge in [0, 0.05) is 12.1 Å². The molecule has 21 heavy (non-hydrogen) atoms. The molecule has 1 aliphatic carbocycles. The van der Waals surface area contributed by atoms with Crippen LogP contribution in [0.15, 0.2) is 10.3 Å². The predicted octanol–water partition coefficient (Wildman–Crippen LogP) is 3.03. The van der Waals surface area contributed by atoms with Gasteiger partial charge in [0.05, 0.1) is 4.92 Å². The Bertz CT molecular complexity index is 669. The van der Waals surface area contributed by atoms with E-state index in [2.05, 4.69) is 0 Å². The number of alkyl halides is 3. The molecule has 1 saturated carbocycles. The van der Waals surface area contributed by atoms with Crippen molar-refractivity contribution < 1.29 is 26.5 Å². The summed E-state index contributed by atoms with van der Waals surface area (Å²) in [5, 5.41) is 10.6. The van der Waals surface area contributed by atoms with E-state index in [1.807, 2.05) is 0 Å². The molecule has 0 saturated heterocycles. The van der Waals surface area contributed by atoms with Gasteiger partial charge in [0.15, 0.2) is 4.34 Å². The van der Waals surface area contributed by atoms with E-state index >= 15 is 0 Å². The van der Waals surface area contributed by atoms with Gasteiger partial charge in [-0.3, -0.25) is 10.1 Å². The zero-order chi connectivity index (χ0) is 16.0. The van der Waals surface area contributed by atoms with Crippen LogP contribution in [0.3, 0.4) is 0 Å². The number of nitro groups is 1. The fourth-order valence-electron chi connectivity index (χ4n) is 1.66. The van der Waals surface area contributed by atoms with Crippen molar-refractivity contribution >= 4 is 38.6 Å². The molecular formula is C9H8ClF3N2O4S2. The number of halogens is 4. The topological polar surface area (TPSA) is 80.5 Å². The molecule has 6 nitrogen and oxygen atoms in total. The Morgan fingerprint density at radius 1 is 1.48 bits per heavy atom. The molecule has 1 aromatic heterocycles. The largest absolute Gasteiger partial charge is 0.402 e. The lowest BCUT2D eigenvalue weighted by Gasteiger charge is -2.22. The van der Waals surface area contributed by atoms with Gasteiger partial charge in [0.25, 0.3) is 15.7 Å². The predicted molar refractivity (Wildman–Crippen MR) is 69.0 cm³/mol. The van der Waals surface area contributed by atoms with E-state index in [0.29, 0.717) is 34.6 Å². The molecule has 0 aliphatic heterocycles. The molecule has 1 fully saturated rings. The first-order valence-electron chi connectivity index (χ1n) is 5.54. The molecule has 0 spiro atoms. The van der Waals surface area contributed by atoms with Crippen LogP contribution in [0.5, 0.6) is 0 Å². The van der Waals surface area contributed by atoms with Crippen molar-refractivity contribution in [3.05, 3.63) is 20.5 Å². The van der Waals surface area contributed by atoms with Crippen molar-refractivity contribution in [3.8, 4) is 0 Å². The van der Waals surface area contributed by atoms with E-state index in [1.165, 1.54) is 0 Å². The number of nitrogens with zero attached hydrogens (tertiary/aromatic N) is 2. The lowest BCUT2D eigenvalue weighted by molar-refractivity contribution is -0.384. The average Bonchev–Trinajstić information content (AvgIpc) is 3.06. The molecule has 0 radical (unpaired) electrons.